The summed E-state index contributed by atoms with van der Waals surface area (Å²) in [6, 6.07) is 6.23. The van der Waals surface area contributed by atoms with Crippen molar-refractivity contribution < 1.29 is 13.5 Å². The summed E-state index contributed by atoms with van der Waals surface area (Å²) < 4.78 is 30.0. The van der Waals surface area contributed by atoms with Gasteiger partial charge in [-0.25, -0.2) is 0 Å². The minimum Gasteiger partial charge on any atom is -0.435 e. The van der Waals surface area contributed by atoms with Gasteiger partial charge in [0.2, 0.25) is 5.16 Å². The Kier molecular flexibility index (Phi) is 5.26. The summed E-state index contributed by atoms with van der Waals surface area (Å²) in [7, 11) is 0. The first kappa shape index (κ1) is 15.4. The third-order valence-corrected chi connectivity index (χ3v) is 3.27. The van der Waals surface area contributed by atoms with Crippen LogP contribution in [0, 0.1) is 6.92 Å². The number of thioether (sulfide) groups is 1. The molecule has 2 aromatic rings. The molecular weight excluding hydrogens is 298 g/mol. The molecule has 21 heavy (non-hydrogen) atoms. The van der Waals surface area contributed by atoms with Gasteiger partial charge < -0.3 is 4.74 Å². The molecule has 0 fully saturated rings. The summed E-state index contributed by atoms with van der Waals surface area (Å²) >= 11 is 1.54. The van der Waals surface area contributed by atoms with Crippen LogP contribution < -0.4 is 4.74 Å². The fourth-order valence-corrected chi connectivity index (χ4v) is 2.21. The number of ether oxygens (including phenoxy) is 1. The van der Waals surface area contributed by atoms with Gasteiger partial charge in [0.05, 0.1) is 6.21 Å². The molecule has 0 atom stereocenters. The van der Waals surface area contributed by atoms with Crippen molar-refractivity contribution in [3.05, 3.63) is 35.7 Å². The molecule has 0 radical (unpaired) electrons. The van der Waals surface area contributed by atoms with Crippen LogP contribution in [0.2, 0.25) is 0 Å². The Labute approximate surface area is 125 Å². The highest BCUT2D eigenvalue weighted by Gasteiger charge is 2.07. The van der Waals surface area contributed by atoms with E-state index >= 15 is 0 Å². The third kappa shape index (κ3) is 4.25. The molecule has 1 aromatic carbocycles. The van der Waals surface area contributed by atoms with Gasteiger partial charge >= 0.3 is 6.61 Å². The lowest BCUT2D eigenvalue weighted by molar-refractivity contribution is -0.0498. The Morgan fingerprint density at radius 3 is 2.67 bits per heavy atom. The van der Waals surface area contributed by atoms with E-state index in [9.17, 15) is 8.78 Å². The van der Waals surface area contributed by atoms with E-state index in [1.54, 1.807) is 23.0 Å². The van der Waals surface area contributed by atoms with E-state index in [2.05, 4.69) is 20.0 Å². The minimum absolute atomic E-state index is 0.116. The van der Waals surface area contributed by atoms with Crippen LogP contribution in [0.3, 0.4) is 0 Å². The van der Waals surface area contributed by atoms with E-state index in [1.807, 2.05) is 13.8 Å². The summed E-state index contributed by atoms with van der Waals surface area (Å²) in [5.41, 5.74) is 0.761. The number of hydrogen-bond donors (Lipinski definition) is 0. The molecule has 8 heteroatoms. The third-order valence-electron chi connectivity index (χ3n) is 2.47. The van der Waals surface area contributed by atoms with E-state index in [4.69, 9.17) is 0 Å². The molecule has 0 amide bonds. The molecule has 2 rings (SSSR count). The lowest BCUT2D eigenvalue weighted by Crippen LogP contribution is -2.01. The first-order valence-electron chi connectivity index (χ1n) is 6.24. The predicted molar refractivity (Wildman–Crippen MR) is 77.2 cm³/mol. The molecule has 0 unspecified atom stereocenters. The maximum Gasteiger partial charge on any atom is 0.387 e. The Hall–Kier alpha value is -1.96. The average Bonchev–Trinajstić information content (AvgIpc) is 2.79. The van der Waals surface area contributed by atoms with Crippen molar-refractivity contribution in [3.63, 3.8) is 0 Å². The van der Waals surface area contributed by atoms with E-state index in [1.165, 1.54) is 23.9 Å². The van der Waals surface area contributed by atoms with E-state index in [0.29, 0.717) is 11.0 Å². The fourth-order valence-electron chi connectivity index (χ4n) is 1.55. The summed E-state index contributed by atoms with van der Waals surface area (Å²) in [5.74, 6) is 1.66. The van der Waals surface area contributed by atoms with Gasteiger partial charge in [-0.15, -0.1) is 10.2 Å². The maximum absolute atomic E-state index is 12.0. The standard InChI is InChI=1S/C13H14F2N4OS/c1-3-21-13-18-17-9(2)19(13)16-8-10-4-6-11(7-5-10)20-12(14)15/h4-8,12H,3H2,1-2H3/b16-8+. The van der Waals surface area contributed by atoms with Crippen LogP contribution in [-0.2, 0) is 0 Å². The number of rotatable bonds is 6. The van der Waals surface area contributed by atoms with Crippen LogP contribution in [0.15, 0.2) is 34.5 Å². The summed E-state index contributed by atoms with van der Waals surface area (Å²) in [6.45, 7) is 1.01. The van der Waals surface area contributed by atoms with E-state index < -0.39 is 6.61 Å². The highest BCUT2D eigenvalue weighted by molar-refractivity contribution is 7.99. The van der Waals surface area contributed by atoms with Gasteiger partial charge in [-0.3, -0.25) is 0 Å². The summed E-state index contributed by atoms with van der Waals surface area (Å²) in [4.78, 5) is 0. The number of halogens is 2. The lowest BCUT2D eigenvalue weighted by atomic mass is 10.2. The van der Waals surface area contributed by atoms with Gasteiger partial charge in [0.25, 0.3) is 0 Å². The van der Waals surface area contributed by atoms with Crippen molar-refractivity contribution >= 4 is 18.0 Å². The molecule has 5 nitrogen and oxygen atoms in total. The van der Waals surface area contributed by atoms with Crippen molar-refractivity contribution in [1.82, 2.24) is 14.9 Å². The molecule has 0 aliphatic carbocycles. The van der Waals surface area contributed by atoms with Gasteiger partial charge in [-0.1, -0.05) is 18.7 Å². The van der Waals surface area contributed by atoms with Gasteiger partial charge in [0.1, 0.15) is 5.75 Å². The number of benzene rings is 1. The second-order valence-electron chi connectivity index (χ2n) is 3.97. The maximum atomic E-state index is 12.0. The van der Waals surface area contributed by atoms with E-state index in [-0.39, 0.29) is 5.75 Å². The Morgan fingerprint density at radius 2 is 2.05 bits per heavy atom. The molecule has 0 spiro atoms. The number of nitrogens with zero attached hydrogens (tertiary/aromatic N) is 4. The van der Waals surface area contributed by atoms with Gasteiger partial charge in [-0.05, 0) is 42.5 Å². The van der Waals surface area contributed by atoms with Crippen LogP contribution >= 0.6 is 11.8 Å². The predicted octanol–water partition coefficient (Wildman–Crippen LogP) is 3.18. The largest absolute Gasteiger partial charge is 0.435 e. The molecule has 1 aromatic heterocycles. The van der Waals surface area contributed by atoms with Gasteiger partial charge in [-0.2, -0.15) is 18.6 Å². The lowest BCUT2D eigenvalue weighted by Gasteiger charge is -2.04. The van der Waals surface area contributed by atoms with Gasteiger partial charge in [0, 0.05) is 0 Å². The second-order valence-corrected chi connectivity index (χ2v) is 5.20. The number of aryl methyl sites for hydroxylation is 1. The monoisotopic (exact) mass is 312 g/mol. The van der Waals surface area contributed by atoms with Crippen LogP contribution in [0.1, 0.15) is 18.3 Å². The summed E-state index contributed by atoms with van der Waals surface area (Å²) in [6.07, 6.45) is 1.61. The van der Waals surface area contributed by atoms with Crippen molar-refractivity contribution in [1.29, 1.82) is 0 Å². The minimum atomic E-state index is -2.82. The smallest absolute Gasteiger partial charge is 0.387 e. The molecule has 112 valence electrons. The number of alkyl halides is 2. The van der Waals surface area contributed by atoms with Crippen molar-refractivity contribution in [2.45, 2.75) is 25.6 Å². The summed E-state index contributed by atoms with van der Waals surface area (Å²) in [5, 5.41) is 13.0. The average molecular weight is 312 g/mol. The molecule has 0 saturated carbocycles. The number of hydrogen-bond acceptors (Lipinski definition) is 5. The molecule has 0 saturated heterocycles. The van der Waals surface area contributed by atoms with Crippen LogP contribution in [0.4, 0.5) is 8.78 Å². The highest BCUT2D eigenvalue weighted by Crippen LogP contribution is 2.17. The fraction of sp³-hybridized carbons (Fsp3) is 0.308. The van der Waals surface area contributed by atoms with Crippen LogP contribution in [0.25, 0.3) is 0 Å². The first-order valence-corrected chi connectivity index (χ1v) is 7.22. The molecule has 0 N–H and O–H groups in total. The van der Waals surface area contributed by atoms with E-state index in [0.717, 1.165) is 11.3 Å². The Balaban J connectivity index is 2.12. The SMILES string of the molecule is CCSc1nnc(C)n1/N=C/c1ccc(OC(F)F)cc1. The molecule has 0 aliphatic rings. The normalized spacial score (nSPS) is 11.5. The quantitative estimate of drug-likeness (QED) is 0.607. The van der Waals surface area contributed by atoms with Crippen LogP contribution in [-0.4, -0.2) is 33.5 Å². The van der Waals surface area contributed by atoms with Crippen molar-refractivity contribution in [3.8, 4) is 5.75 Å². The zero-order valence-corrected chi connectivity index (χ0v) is 12.3. The molecular formula is C13H14F2N4OS. The first-order chi connectivity index (χ1) is 10.1. The van der Waals surface area contributed by atoms with Gasteiger partial charge in [0.15, 0.2) is 5.82 Å². The second kappa shape index (κ2) is 7.16. The Bertz CT molecular complexity index is 613. The topological polar surface area (TPSA) is 52.3 Å². The zero-order chi connectivity index (χ0) is 15.2. The van der Waals surface area contributed by atoms with Crippen molar-refractivity contribution in [2.75, 3.05) is 5.75 Å². The number of aromatic nitrogens is 3. The molecule has 0 aliphatic heterocycles. The zero-order valence-electron chi connectivity index (χ0n) is 11.5. The molecule has 1 heterocycles. The molecule has 0 bridgehead atoms. The van der Waals surface area contributed by atoms with Crippen LogP contribution in [0.5, 0.6) is 5.75 Å². The highest BCUT2D eigenvalue weighted by atomic mass is 32.2. The van der Waals surface area contributed by atoms with Crippen molar-refractivity contribution in [2.24, 2.45) is 5.10 Å². The Morgan fingerprint density at radius 1 is 1.33 bits per heavy atom.